The average Bonchev–Trinajstić information content (AvgIpc) is 2.80. The molecule has 0 aliphatic carbocycles. The minimum Gasteiger partial charge on any atom is -0.481 e. The number of aromatic nitrogens is 2. The molecule has 0 fully saturated rings. The Morgan fingerprint density at radius 1 is 1.38 bits per heavy atom. The Labute approximate surface area is 136 Å². The van der Waals surface area contributed by atoms with Crippen molar-refractivity contribution in [1.82, 2.24) is 9.78 Å². The molecule has 0 amide bonds. The van der Waals surface area contributed by atoms with Crippen LogP contribution in [0, 0.1) is 0 Å². The molecule has 0 aliphatic heterocycles. The largest absolute Gasteiger partial charge is 0.481 e. The minimum absolute atomic E-state index is 0.0171. The zero-order valence-corrected chi connectivity index (χ0v) is 14.5. The van der Waals surface area contributed by atoms with E-state index >= 15 is 0 Å². The van der Waals surface area contributed by atoms with Crippen LogP contribution in [-0.4, -0.2) is 26.6 Å². The summed E-state index contributed by atoms with van der Waals surface area (Å²) in [7, 11) is 0. The van der Waals surface area contributed by atoms with E-state index < -0.39 is 5.97 Å². The van der Waals surface area contributed by atoms with Crippen LogP contribution in [0.15, 0.2) is 39.8 Å². The molecule has 1 N–H and O–H groups in total. The standard InChI is InChI=1S/C15H17BrN2O2S/c1-15(2,3)12-8-13(21-9-14(19)20)18(17-12)11-6-4-5-10(16)7-11/h4-8H,9H2,1-3H3,(H,19,20). The number of halogens is 1. The van der Waals surface area contributed by atoms with Crippen molar-refractivity contribution in [1.29, 1.82) is 0 Å². The maximum absolute atomic E-state index is 10.8. The SMILES string of the molecule is CC(C)(C)c1cc(SCC(=O)O)n(-c2cccc(Br)c2)n1. The van der Waals surface area contributed by atoms with Crippen molar-refractivity contribution in [2.75, 3.05) is 5.75 Å². The van der Waals surface area contributed by atoms with Gasteiger partial charge >= 0.3 is 5.97 Å². The lowest BCUT2D eigenvalue weighted by Crippen LogP contribution is -2.12. The summed E-state index contributed by atoms with van der Waals surface area (Å²) < 4.78 is 2.76. The van der Waals surface area contributed by atoms with Gasteiger partial charge in [0, 0.05) is 9.89 Å². The van der Waals surface area contributed by atoms with Gasteiger partial charge in [0.05, 0.1) is 17.1 Å². The molecule has 21 heavy (non-hydrogen) atoms. The van der Waals surface area contributed by atoms with Gasteiger partial charge < -0.3 is 5.11 Å². The molecule has 6 heteroatoms. The Morgan fingerprint density at radius 2 is 2.10 bits per heavy atom. The van der Waals surface area contributed by atoms with Gasteiger partial charge in [0.15, 0.2) is 0 Å². The topological polar surface area (TPSA) is 55.1 Å². The molecule has 4 nitrogen and oxygen atoms in total. The Hall–Kier alpha value is -1.27. The van der Waals surface area contributed by atoms with Crippen LogP contribution in [0.4, 0.5) is 0 Å². The fourth-order valence-electron chi connectivity index (χ4n) is 1.76. The summed E-state index contributed by atoms with van der Waals surface area (Å²) in [6.07, 6.45) is 0. The van der Waals surface area contributed by atoms with E-state index in [1.54, 1.807) is 4.68 Å². The lowest BCUT2D eigenvalue weighted by Gasteiger charge is -2.14. The molecule has 2 rings (SSSR count). The number of carbonyl (C=O) groups is 1. The second-order valence-electron chi connectivity index (χ2n) is 5.69. The smallest absolute Gasteiger partial charge is 0.313 e. The third-order valence-corrected chi connectivity index (χ3v) is 4.31. The van der Waals surface area contributed by atoms with Crippen molar-refractivity contribution in [3.63, 3.8) is 0 Å². The first-order chi connectivity index (χ1) is 9.77. The minimum atomic E-state index is -0.834. The first-order valence-corrected chi connectivity index (χ1v) is 8.26. The van der Waals surface area contributed by atoms with Crippen molar-refractivity contribution in [3.8, 4) is 5.69 Å². The predicted molar refractivity (Wildman–Crippen MR) is 88.3 cm³/mol. The summed E-state index contributed by atoms with van der Waals surface area (Å²) in [5.41, 5.74) is 1.76. The van der Waals surface area contributed by atoms with Crippen molar-refractivity contribution in [2.24, 2.45) is 0 Å². The van der Waals surface area contributed by atoms with Crippen molar-refractivity contribution in [3.05, 3.63) is 40.5 Å². The van der Waals surface area contributed by atoms with E-state index in [2.05, 4.69) is 41.8 Å². The molecule has 1 aromatic heterocycles. The van der Waals surface area contributed by atoms with Gasteiger partial charge in [-0.1, -0.05) is 54.5 Å². The van der Waals surface area contributed by atoms with Crippen LogP contribution in [0.2, 0.25) is 0 Å². The Balaban J connectivity index is 2.46. The highest BCUT2D eigenvalue weighted by Crippen LogP contribution is 2.29. The van der Waals surface area contributed by atoms with Gasteiger partial charge in [0.1, 0.15) is 5.03 Å². The molecule has 1 aromatic carbocycles. The maximum Gasteiger partial charge on any atom is 0.313 e. The highest BCUT2D eigenvalue weighted by molar-refractivity contribution is 9.10. The number of nitrogens with zero attached hydrogens (tertiary/aromatic N) is 2. The van der Waals surface area contributed by atoms with Crippen molar-refractivity contribution < 1.29 is 9.90 Å². The van der Waals surface area contributed by atoms with Gasteiger partial charge in [-0.05, 0) is 24.3 Å². The zero-order valence-electron chi connectivity index (χ0n) is 12.1. The molecular formula is C15H17BrN2O2S. The molecule has 0 saturated heterocycles. The van der Waals surface area contributed by atoms with E-state index in [1.807, 2.05) is 30.3 Å². The summed E-state index contributed by atoms with van der Waals surface area (Å²) in [5, 5.41) is 14.4. The fourth-order valence-corrected chi connectivity index (χ4v) is 2.88. The Kier molecular flexibility index (Phi) is 4.78. The average molecular weight is 369 g/mol. The van der Waals surface area contributed by atoms with Gasteiger partial charge in [0.25, 0.3) is 0 Å². The van der Waals surface area contributed by atoms with E-state index in [4.69, 9.17) is 5.11 Å². The van der Waals surface area contributed by atoms with Gasteiger partial charge in [-0.3, -0.25) is 4.79 Å². The fraction of sp³-hybridized carbons (Fsp3) is 0.333. The monoisotopic (exact) mass is 368 g/mol. The number of hydrogen-bond donors (Lipinski definition) is 1. The third-order valence-electron chi connectivity index (χ3n) is 2.84. The molecule has 2 aromatic rings. The predicted octanol–water partition coefficient (Wildman–Crippen LogP) is 4.11. The number of carboxylic acid groups (broad SMARTS) is 1. The lowest BCUT2D eigenvalue weighted by molar-refractivity contribution is -0.133. The first-order valence-electron chi connectivity index (χ1n) is 6.48. The van der Waals surface area contributed by atoms with Crippen molar-refractivity contribution >= 4 is 33.7 Å². The van der Waals surface area contributed by atoms with E-state index in [9.17, 15) is 4.79 Å². The highest BCUT2D eigenvalue weighted by Gasteiger charge is 2.21. The second kappa shape index (κ2) is 6.23. The van der Waals surface area contributed by atoms with E-state index in [-0.39, 0.29) is 11.2 Å². The first kappa shape index (κ1) is 16.1. The van der Waals surface area contributed by atoms with Crippen LogP contribution < -0.4 is 0 Å². The number of aliphatic carboxylic acids is 1. The summed E-state index contributed by atoms with van der Waals surface area (Å²) in [5.74, 6) is -0.817. The normalized spacial score (nSPS) is 11.6. The molecule has 0 radical (unpaired) electrons. The number of thioether (sulfide) groups is 1. The molecule has 1 heterocycles. The number of carboxylic acids is 1. The third kappa shape index (κ3) is 4.11. The van der Waals surface area contributed by atoms with E-state index in [0.29, 0.717) is 0 Å². The summed E-state index contributed by atoms with van der Waals surface area (Å²) in [6.45, 7) is 6.27. The number of hydrogen-bond acceptors (Lipinski definition) is 3. The Morgan fingerprint density at radius 3 is 2.67 bits per heavy atom. The van der Waals surface area contributed by atoms with Gasteiger partial charge in [-0.25, -0.2) is 4.68 Å². The summed E-state index contributed by atoms with van der Waals surface area (Å²) in [6, 6.07) is 9.76. The van der Waals surface area contributed by atoms with Crippen LogP contribution >= 0.6 is 27.7 Å². The second-order valence-corrected chi connectivity index (χ2v) is 7.60. The zero-order chi connectivity index (χ0) is 15.6. The van der Waals surface area contributed by atoms with E-state index in [0.717, 1.165) is 20.9 Å². The molecule has 0 spiro atoms. The van der Waals surface area contributed by atoms with Crippen LogP contribution in [0.25, 0.3) is 5.69 Å². The summed E-state index contributed by atoms with van der Waals surface area (Å²) >= 11 is 4.73. The van der Waals surface area contributed by atoms with Gasteiger partial charge in [-0.2, -0.15) is 5.10 Å². The van der Waals surface area contributed by atoms with Crippen LogP contribution in [0.3, 0.4) is 0 Å². The number of rotatable bonds is 4. The molecule has 0 atom stereocenters. The highest BCUT2D eigenvalue weighted by atomic mass is 79.9. The molecular weight excluding hydrogens is 352 g/mol. The van der Waals surface area contributed by atoms with Gasteiger partial charge in [0.2, 0.25) is 0 Å². The quantitative estimate of drug-likeness (QED) is 0.825. The summed E-state index contributed by atoms with van der Waals surface area (Å²) in [4.78, 5) is 10.8. The number of benzene rings is 1. The van der Waals surface area contributed by atoms with E-state index in [1.165, 1.54) is 11.8 Å². The molecule has 112 valence electrons. The van der Waals surface area contributed by atoms with Gasteiger partial charge in [-0.15, -0.1) is 0 Å². The molecule has 0 aliphatic rings. The van der Waals surface area contributed by atoms with Crippen LogP contribution in [0.5, 0.6) is 0 Å². The molecule has 0 bridgehead atoms. The van der Waals surface area contributed by atoms with Crippen molar-refractivity contribution in [2.45, 2.75) is 31.2 Å². The molecule has 0 unspecified atom stereocenters. The van der Waals surface area contributed by atoms with Crippen LogP contribution in [-0.2, 0) is 10.2 Å². The maximum atomic E-state index is 10.8. The lowest BCUT2D eigenvalue weighted by atomic mass is 9.93. The van der Waals surface area contributed by atoms with Crippen LogP contribution in [0.1, 0.15) is 26.5 Å². The molecule has 0 saturated carbocycles. The Bertz CT molecular complexity index is 662.